The molecule has 0 aliphatic heterocycles. The number of halogens is 2. The van der Waals surface area contributed by atoms with E-state index in [4.69, 9.17) is 16.3 Å². The number of anilines is 1. The van der Waals surface area contributed by atoms with Crippen LogP contribution in [-0.2, 0) is 6.73 Å². The lowest BCUT2D eigenvalue weighted by molar-refractivity contribution is 0.102. The van der Waals surface area contributed by atoms with Crippen molar-refractivity contribution >= 4 is 39.1 Å². The van der Waals surface area contributed by atoms with Crippen LogP contribution in [0, 0.1) is 0 Å². The van der Waals surface area contributed by atoms with Gasteiger partial charge in [-0.1, -0.05) is 29.8 Å². The summed E-state index contributed by atoms with van der Waals surface area (Å²) in [7, 11) is 0. The van der Waals surface area contributed by atoms with Crippen molar-refractivity contribution in [1.82, 2.24) is 9.78 Å². The van der Waals surface area contributed by atoms with Crippen molar-refractivity contribution in [2.75, 3.05) is 5.32 Å². The molecule has 122 valence electrons. The third kappa shape index (κ3) is 4.15. The minimum Gasteiger partial charge on any atom is -0.471 e. The second kappa shape index (κ2) is 7.51. The number of nitrogens with zero attached hydrogens (tertiary/aromatic N) is 2. The highest BCUT2D eigenvalue weighted by Gasteiger charge is 2.10. The lowest BCUT2D eigenvalue weighted by Gasteiger charge is -2.06. The Hall–Kier alpha value is -2.31. The second-order valence-electron chi connectivity index (χ2n) is 4.93. The van der Waals surface area contributed by atoms with E-state index in [1.54, 1.807) is 35.3 Å². The fourth-order valence-corrected chi connectivity index (χ4v) is 2.69. The van der Waals surface area contributed by atoms with Crippen LogP contribution < -0.4 is 10.1 Å². The van der Waals surface area contributed by atoms with Gasteiger partial charge in [0.25, 0.3) is 5.91 Å². The minimum absolute atomic E-state index is 0.210. The summed E-state index contributed by atoms with van der Waals surface area (Å²) in [4.78, 5) is 12.2. The number of carbonyl (C=O) groups excluding carboxylic acids is 1. The van der Waals surface area contributed by atoms with Crippen LogP contribution in [0.1, 0.15) is 10.4 Å². The Morgan fingerprint density at radius 1 is 1.25 bits per heavy atom. The molecule has 3 aromatic rings. The largest absolute Gasteiger partial charge is 0.471 e. The first-order valence-electron chi connectivity index (χ1n) is 7.08. The molecule has 0 bridgehead atoms. The Bertz CT molecular complexity index is 866. The average molecular weight is 407 g/mol. The Morgan fingerprint density at radius 3 is 2.88 bits per heavy atom. The van der Waals surface area contributed by atoms with Gasteiger partial charge in [0.2, 0.25) is 0 Å². The van der Waals surface area contributed by atoms with Crippen LogP contribution in [0.2, 0.25) is 5.02 Å². The summed E-state index contributed by atoms with van der Waals surface area (Å²) in [5, 5.41) is 7.56. The summed E-state index contributed by atoms with van der Waals surface area (Å²) >= 11 is 9.26. The summed E-state index contributed by atoms with van der Waals surface area (Å²) in [6.07, 6.45) is 3.26. The van der Waals surface area contributed by atoms with Gasteiger partial charge in [0, 0.05) is 9.50 Å². The van der Waals surface area contributed by atoms with Crippen LogP contribution in [0.3, 0.4) is 0 Å². The number of hydrogen-bond acceptors (Lipinski definition) is 3. The third-order valence-corrected chi connectivity index (χ3v) is 4.10. The number of nitrogens with one attached hydrogen (secondary N) is 1. The molecule has 2 aromatic carbocycles. The first kappa shape index (κ1) is 16.5. The highest BCUT2D eigenvalue weighted by atomic mass is 79.9. The summed E-state index contributed by atoms with van der Waals surface area (Å²) in [6.45, 7) is 0.214. The second-order valence-corrected chi connectivity index (χ2v) is 6.22. The molecule has 0 unspecified atom stereocenters. The molecule has 5 nitrogen and oxygen atoms in total. The lowest BCUT2D eigenvalue weighted by Crippen LogP contribution is -2.12. The van der Waals surface area contributed by atoms with Crippen LogP contribution in [0.5, 0.6) is 5.75 Å². The normalized spacial score (nSPS) is 10.4. The number of amides is 1. The number of carbonyl (C=O) groups is 1. The van der Waals surface area contributed by atoms with Crippen molar-refractivity contribution < 1.29 is 9.53 Å². The van der Waals surface area contributed by atoms with Gasteiger partial charge in [-0.15, -0.1) is 0 Å². The number of aromatic nitrogens is 2. The molecule has 0 atom stereocenters. The molecular weight excluding hydrogens is 394 g/mol. The van der Waals surface area contributed by atoms with Crippen LogP contribution >= 0.6 is 27.5 Å². The summed E-state index contributed by atoms with van der Waals surface area (Å²) in [5.74, 6) is 0.439. The van der Waals surface area contributed by atoms with Crippen LogP contribution in [-0.4, -0.2) is 15.7 Å². The molecule has 0 fully saturated rings. The molecule has 24 heavy (non-hydrogen) atoms. The van der Waals surface area contributed by atoms with E-state index in [9.17, 15) is 4.79 Å². The molecule has 3 rings (SSSR count). The van der Waals surface area contributed by atoms with Gasteiger partial charge in [0.15, 0.2) is 6.73 Å². The van der Waals surface area contributed by atoms with Gasteiger partial charge in [-0.3, -0.25) is 4.79 Å². The zero-order valence-electron chi connectivity index (χ0n) is 12.4. The van der Waals surface area contributed by atoms with Gasteiger partial charge in [0.1, 0.15) is 5.75 Å². The molecule has 0 spiro atoms. The average Bonchev–Trinajstić information content (AvgIpc) is 3.01. The summed E-state index contributed by atoms with van der Waals surface area (Å²) in [5.41, 5.74) is 1.14. The van der Waals surface area contributed by atoms with Crippen molar-refractivity contribution in [2.24, 2.45) is 0 Å². The fourth-order valence-electron chi connectivity index (χ4n) is 2.04. The van der Waals surface area contributed by atoms with Crippen molar-refractivity contribution in [1.29, 1.82) is 0 Å². The van der Waals surface area contributed by atoms with Gasteiger partial charge >= 0.3 is 0 Å². The van der Waals surface area contributed by atoms with Crippen molar-refractivity contribution in [3.63, 3.8) is 0 Å². The van der Waals surface area contributed by atoms with E-state index in [2.05, 4.69) is 26.3 Å². The van der Waals surface area contributed by atoms with E-state index in [1.807, 2.05) is 30.3 Å². The monoisotopic (exact) mass is 405 g/mol. The molecule has 0 saturated carbocycles. The smallest absolute Gasteiger partial charge is 0.256 e. The molecule has 0 aliphatic carbocycles. The molecule has 7 heteroatoms. The predicted octanol–water partition coefficient (Wildman–Crippen LogP) is 4.59. The molecule has 1 N–H and O–H groups in total. The van der Waals surface area contributed by atoms with Gasteiger partial charge in [-0.25, -0.2) is 4.68 Å². The van der Waals surface area contributed by atoms with Crippen LogP contribution in [0.15, 0.2) is 65.4 Å². The number of hydrogen-bond donors (Lipinski definition) is 1. The minimum atomic E-state index is -0.210. The van der Waals surface area contributed by atoms with E-state index in [0.29, 0.717) is 22.0 Å². The molecule has 0 aliphatic rings. The van der Waals surface area contributed by atoms with E-state index in [-0.39, 0.29) is 12.6 Å². The first-order chi connectivity index (χ1) is 11.6. The number of benzene rings is 2. The van der Waals surface area contributed by atoms with Gasteiger partial charge in [-0.05, 0) is 46.3 Å². The van der Waals surface area contributed by atoms with Crippen LogP contribution in [0.25, 0.3) is 0 Å². The number of ether oxygens (including phenoxy) is 1. The Balaban J connectivity index is 1.61. The first-order valence-corrected chi connectivity index (χ1v) is 8.25. The molecule has 0 saturated heterocycles. The van der Waals surface area contributed by atoms with E-state index in [1.165, 1.54) is 0 Å². The third-order valence-electron chi connectivity index (χ3n) is 3.17. The highest BCUT2D eigenvalue weighted by molar-refractivity contribution is 9.10. The topological polar surface area (TPSA) is 56.2 Å². The van der Waals surface area contributed by atoms with E-state index < -0.39 is 0 Å². The molecule has 1 aromatic heterocycles. The summed E-state index contributed by atoms with van der Waals surface area (Å²) in [6, 6.07) is 14.3. The van der Waals surface area contributed by atoms with Crippen molar-refractivity contribution in [3.8, 4) is 5.75 Å². The van der Waals surface area contributed by atoms with Crippen molar-refractivity contribution in [3.05, 3.63) is 76.0 Å². The van der Waals surface area contributed by atoms with E-state index >= 15 is 0 Å². The quantitative estimate of drug-likeness (QED) is 0.674. The Morgan fingerprint density at radius 2 is 2.08 bits per heavy atom. The SMILES string of the molecule is O=C(Nc1cnn(COc2cccc(Cl)c2)c1)c1ccccc1Br. The summed E-state index contributed by atoms with van der Waals surface area (Å²) < 4.78 is 7.91. The fraction of sp³-hybridized carbons (Fsp3) is 0.0588. The lowest BCUT2D eigenvalue weighted by atomic mass is 10.2. The maximum Gasteiger partial charge on any atom is 0.256 e. The van der Waals surface area contributed by atoms with Crippen LogP contribution in [0.4, 0.5) is 5.69 Å². The maximum absolute atomic E-state index is 12.2. The Labute approximate surface area is 152 Å². The highest BCUT2D eigenvalue weighted by Crippen LogP contribution is 2.19. The van der Waals surface area contributed by atoms with E-state index in [0.717, 1.165) is 4.47 Å². The van der Waals surface area contributed by atoms with Gasteiger partial charge < -0.3 is 10.1 Å². The maximum atomic E-state index is 12.2. The number of rotatable bonds is 5. The molecule has 0 radical (unpaired) electrons. The Kier molecular flexibility index (Phi) is 5.17. The van der Waals surface area contributed by atoms with Gasteiger partial charge in [-0.2, -0.15) is 5.10 Å². The zero-order valence-corrected chi connectivity index (χ0v) is 14.8. The molecule has 1 amide bonds. The zero-order chi connectivity index (χ0) is 16.9. The molecule has 1 heterocycles. The standard InChI is InChI=1S/C17H13BrClN3O2/c18-16-7-2-1-6-15(16)17(23)21-13-9-20-22(10-13)11-24-14-5-3-4-12(19)8-14/h1-10H,11H2,(H,21,23). The van der Waals surface area contributed by atoms with Gasteiger partial charge in [0.05, 0.1) is 23.6 Å². The predicted molar refractivity (Wildman–Crippen MR) is 96.4 cm³/mol. The molecular formula is C17H13BrClN3O2. The van der Waals surface area contributed by atoms with Crippen molar-refractivity contribution in [2.45, 2.75) is 6.73 Å².